The van der Waals surface area contributed by atoms with E-state index in [-0.39, 0.29) is 0 Å². The Bertz CT molecular complexity index is 240. The first kappa shape index (κ1) is 6.85. The van der Waals surface area contributed by atoms with Crippen molar-refractivity contribution in [3.8, 4) is 0 Å². The van der Waals surface area contributed by atoms with Crippen molar-refractivity contribution < 1.29 is 4.52 Å². The molecule has 0 aliphatic heterocycles. The van der Waals surface area contributed by atoms with Crippen molar-refractivity contribution in [3.05, 3.63) is 17.5 Å². The van der Waals surface area contributed by atoms with Gasteiger partial charge in [0.15, 0.2) is 0 Å². The number of rotatable bonds is 2. The van der Waals surface area contributed by atoms with Crippen molar-refractivity contribution in [2.45, 2.75) is 31.7 Å². The molecule has 1 aromatic rings. The Kier molecular flexibility index (Phi) is 1.66. The third-order valence-electron chi connectivity index (χ3n) is 2.29. The Morgan fingerprint density at radius 2 is 2.45 bits per heavy atom. The van der Waals surface area contributed by atoms with E-state index < -0.39 is 0 Å². The fraction of sp³-hybridized carbons (Fsp3) is 0.625. The van der Waals surface area contributed by atoms with E-state index in [9.17, 15) is 0 Å². The quantitative estimate of drug-likeness (QED) is 0.696. The summed E-state index contributed by atoms with van der Waals surface area (Å²) in [4.78, 5) is 0. The van der Waals surface area contributed by atoms with Crippen LogP contribution in [0.4, 0.5) is 0 Å². The number of aromatic nitrogens is 1. The molecule has 1 aliphatic carbocycles. The highest BCUT2D eigenvalue weighted by atomic mass is 16.5. The molecule has 1 saturated carbocycles. The summed E-state index contributed by atoms with van der Waals surface area (Å²) < 4.78 is 5.13. The molecule has 1 heterocycles. The van der Waals surface area contributed by atoms with Gasteiger partial charge in [-0.1, -0.05) is 11.6 Å². The summed E-state index contributed by atoms with van der Waals surface area (Å²) in [5, 5.41) is 3.84. The van der Waals surface area contributed by atoms with E-state index in [0.717, 1.165) is 11.5 Å². The molecule has 3 heteroatoms. The van der Waals surface area contributed by atoms with Gasteiger partial charge in [-0.05, 0) is 12.8 Å². The Morgan fingerprint density at radius 1 is 1.64 bits per heavy atom. The first-order chi connectivity index (χ1) is 5.40. The molecule has 60 valence electrons. The third kappa shape index (κ3) is 1.16. The lowest BCUT2D eigenvalue weighted by Gasteiger charge is -2.21. The molecule has 1 aliphatic rings. The smallest absolute Gasteiger partial charge is 0.140 e. The topological polar surface area (TPSA) is 52.0 Å². The fourth-order valence-electron chi connectivity index (χ4n) is 1.31. The van der Waals surface area contributed by atoms with Crippen LogP contribution >= 0.6 is 0 Å². The van der Waals surface area contributed by atoms with Crippen molar-refractivity contribution in [1.29, 1.82) is 0 Å². The van der Waals surface area contributed by atoms with Crippen molar-refractivity contribution in [2.75, 3.05) is 0 Å². The minimum absolute atomic E-state index is 0.482. The van der Waals surface area contributed by atoms with Gasteiger partial charge in [-0.3, -0.25) is 0 Å². The summed E-state index contributed by atoms with van der Waals surface area (Å²) in [5.74, 6) is 1.65. The van der Waals surface area contributed by atoms with E-state index in [2.05, 4.69) is 5.16 Å². The van der Waals surface area contributed by atoms with Crippen molar-refractivity contribution in [2.24, 2.45) is 5.73 Å². The molecule has 0 aromatic carbocycles. The lowest BCUT2D eigenvalue weighted by molar-refractivity contribution is 0.298. The Hall–Kier alpha value is -0.830. The standard InChI is InChI=1S/C8H12N2O/c9-5-7-4-8(11-10-7)6-2-1-3-6/h4,6H,1-3,5,9H2. The second-order valence-electron chi connectivity index (χ2n) is 3.05. The number of hydrogen-bond acceptors (Lipinski definition) is 3. The highest BCUT2D eigenvalue weighted by Crippen LogP contribution is 2.36. The number of hydrogen-bond donors (Lipinski definition) is 1. The van der Waals surface area contributed by atoms with Crippen LogP contribution in [0.5, 0.6) is 0 Å². The Morgan fingerprint density at radius 3 is 2.91 bits per heavy atom. The average molecular weight is 152 g/mol. The van der Waals surface area contributed by atoms with Crippen molar-refractivity contribution >= 4 is 0 Å². The normalized spacial score (nSPS) is 18.3. The highest BCUT2D eigenvalue weighted by molar-refractivity contribution is 5.11. The van der Waals surface area contributed by atoms with Gasteiger partial charge in [-0.25, -0.2) is 0 Å². The van der Waals surface area contributed by atoms with Gasteiger partial charge in [0.05, 0.1) is 5.69 Å². The van der Waals surface area contributed by atoms with Crippen LogP contribution in [-0.4, -0.2) is 5.16 Å². The molecule has 0 spiro atoms. The molecule has 11 heavy (non-hydrogen) atoms. The van der Waals surface area contributed by atoms with Gasteiger partial charge in [0, 0.05) is 18.5 Å². The van der Waals surface area contributed by atoms with Crippen LogP contribution in [0.25, 0.3) is 0 Å². The highest BCUT2D eigenvalue weighted by Gasteiger charge is 2.23. The van der Waals surface area contributed by atoms with Gasteiger partial charge in [-0.15, -0.1) is 0 Å². The summed E-state index contributed by atoms with van der Waals surface area (Å²) in [6.07, 6.45) is 3.82. The van der Waals surface area contributed by atoms with E-state index in [1.54, 1.807) is 0 Å². The van der Waals surface area contributed by atoms with Crippen LogP contribution < -0.4 is 5.73 Å². The zero-order valence-electron chi connectivity index (χ0n) is 6.42. The van der Waals surface area contributed by atoms with Gasteiger partial charge in [0.25, 0.3) is 0 Å². The van der Waals surface area contributed by atoms with Gasteiger partial charge in [0.2, 0.25) is 0 Å². The van der Waals surface area contributed by atoms with Crippen LogP contribution in [0, 0.1) is 0 Å². The molecule has 0 bridgehead atoms. The van der Waals surface area contributed by atoms with Crippen molar-refractivity contribution in [1.82, 2.24) is 5.16 Å². The molecule has 2 N–H and O–H groups in total. The number of nitrogens with two attached hydrogens (primary N) is 1. The van der Waals surface area contributed by atoms with E-state index in [1.165, 1.54) is 19.3 Å². The average Bonchev–Trinajstić information content (AvgIpc) is 2.32. The van der Waals surface area contributed by atoms with Crippen LogP contribution in [-0.2, 0) is 6.54 Å². The summed E-state index contributed by atoms with van der Waals surface area (Å²) in [6, 6.07) is 1.98. The molecule has 0 saturated heterocycles. The van der Waals surface area contributed by atoms with Gasteiger partial charge in [-0.2, -0.15) is 0 Å². The van der Waals surface area contributed by atoms with Crippen molar-refractivity contribution in [3.63, 3.8) is 0 Å². The number of nitrogens with zero attached hydrogens (tertiary/aromatic N) is 1. The predicted molar refractivity (Wildman–Crippen MR) is 41.0 cm³/mol. The zero-order valence-corrected chi connectivity index (χ0v) is 6.42. The molecule has 1 aromatic heterocycles. The predicted octanol–water partition coefficient (Wildman–Crippen LogP) is 1.40. The van der Waals surface area contributed by atoms with E-state index in [0.29, 0.717) is 12.5 Å². The van der Waals surface area contributed by atoms with Gasteiger partial charge >= 0.3 is 0 Å². The van der Waals surface area contributed by atoms with E-state index >= 15 is 0 Å². The second kappa shape index (κ2) is 2.66. The lowest BCUT2D eigenvalue weighted by atomic mass is 9.83. The molecule has 3 nitrogen and oxygen atoms in total. The van der Waals surface area contributed by atoms with Crippen LogP contribution in [0.3, 0.4) is 0 Å². The van der Waals surface area contributed by atoms with Crippen LogP contribution in [0.2, 0.25) is 0 Å². The zero-order chi connectivity index (χ0) is 7.68. The SMILES string of the molecule is NCc1cc(C2CCC2)on1. The third-order valence-corrected chi connectivity index (χ3v) is 2.29. The monoisotopic (exact) mass is 152 g/mol. The first-order valence-corrected chi connectivity index (χ1v) is 4.05. The summed E-state index contributed by atoms with van der Waals surface area (Å²) in [7, 11) is 0. The molecule has 0 atom stereocenters. The van der Waals surface area contributed by atoms with E-state index in [1.807, 2.05) is 6.07 Å². The maximum absolute atomic E-state index is 5.40. The van der Waals surface area contributed by atoms with Gasteiger partial charge in [0.1, 0.15) is 5.76 Å². The molecule has 1 fully saturated rings. The molecule has 2 rings (SSSR count). The minimum Gasteiger partial charge on any atom is -0.361 e. The van der Waals surface area contributed by atoms with E-state index in [4.69, 9.17) is 10.3 Å². The molecule has 0 radical (unpaired) electrons. The summed E-state index contributed by atoms with van der Waals surface area (Å²) >= 11 is 0. The summed E-state index contributed by atoms with van der Waals surface area (Å²) in [6.45, 7) is 0.482. The molecular weight excluding hydrogens is 140 g/mol. The molecule has 0 unspecified atom stereocenters. The molecule has 0 amide bonds. The minimum atomic E-state index is 0.482. The Balaban J connectivity index is 2.11. The summed E-state index contributed by atoms with van der Waals surface area (Å²) in [5.41, 5.74) is 6.27. The Labute approximate surface area is 65.6 Å². The lowest BCUT2D eigenvalue weighted by Crippen LogP contribution is -2.07. The second-order valence-corrected chi connectivity index (χ2v) is 3.05. The maximum Gasteiger partial charge on any atom is 0.140 e. The molecular formula is C8H12N2O. The van der Waals surface area contributed by atoms with Crippen LogP contribution in [0.15, 0.2) is 10.6 Å². The maximum atomic E-state index is 5.40. The largest absolute Gasteiger partial charge is 0.361 e. The fourth-order valence-corrected chi connectivity index (χ4v) is 1.31. The van der Waals surface area contributed by atoms with Crippen LogP contribution in [0.1, 0.15) is 36.6 Å². The first-order valence-electron chi connectivity index (χ1n) is 4.05. The van der Waals surface area contributed by atoms with Gasteiger partial charge < -0.3 is 10.3 Å².